The molecule has 2 unspecified atom stereocenters. The molecule has 1 saturated heterocycles. The molecule has 2 atom stereocenters. The van der Waals surface area contributed by atoms with E-state index in [-0.39, 0.29) is 6.29 Å². The van der Waals surface area contributed by atoms with Crippen LogP contribution in [0.3, 0.4) is 0 Å². The summed E-state index contributed by atoms with van der Waals surface area (Å²) in [5.74, 6) is 0.904. The quantitative estimate of drug-likeness (QED) is 0.647. The van der Waals surface area contributed by atoms with Crippen LogP contribution in [0.5, 0.6) is 0 Å². The summed E-state index contributed by atoms with van der Waals surface area (Å²) in [5.41, 5.74) is 0. The molecule has 1 aliphatic carbocycles. The largest absolute Gasteiger partial charge is 0.347 e. The van der Waals surface area contributed by atoms with Crippen molar-refractivity contribution >= 4 is 0 Å². The van der Waals surface area contributed by atoms with E-state index < -0.39 is 0 Å². The average Bonchev–Trinajstić information content (AvgIpc) is 2.89. The third kappa shape index (κ3) is 2.71. The predicted octanol–water partition coefficient (Wildman–Crippen LogP) is 3.11. The lowest BCUT2D eigenvalue weighted by Crippen LogP contribution is -2.22. The Balaban J connectivity index is 1.62. The normalized spacial score (nSPS) is 42.4. The van der Waals surface area contributed by atoms with Gasteiger partial charge >= 0.3 is 0 Å². The van der Waals surface area contributed by atoms with E-state index in [0.29, 0.717) is 12.2 Å². The van der Waals surface area contributed by atoms with E-state index >= 15 is 0 Å². The lowest BCUT2D eigenvalue weighted by molar-refractivity contribution is -0.0337. The zero-order valence-electron chi connectivity index (χ0n) is 9.37. The Hall–Kier alpha value is -0.0800. The Bertz CT molecular complexity index is 173. The Morgan fingerprint density at radius 3 is 2.57 bits per heavy atom. The second-order valence-electron chi connectivity index (χ2n) is 4.85. The molecule has 0 aromatic carbocycles. The van der Waals surface area contributed by atoms with E-state index in [2.05, 4.69) is 13.8 Å². The minimum Gasteiger partial charge on any atom is -0.347 e. The zero-order valence-corrected chi connectivity index (χ0v) is 9.37. The summed E-state index contributed by atoms with van der Waals surface area (Å²) in [6.07, 6.45) is 8.54. The summed E-state index contributed by atoms with van der Waals surface area (Å²) >= 11 is 0. The topological polar surface area (TPSA) is 21.8 Å². The first-order chi connectivity index (χ1) is 6.79. The fourth-order valence-electron chi connectivity index (χ4n) is 2.29. The van der Waals surface area contributed by atoms with Crippen molar-refractivity contribution in [1.82, 2.24) is 0 Å². The Morgan fingerprint density at radius 2 is 1.93 bits per heavy atom. The summed E-state index contributed by atoms with van der Waals surface area (Å²) < 4.78 is 11.4. The molecule has 2 rings (SSSR count). The maximum atomic E-state index is 5.89. The van der Waals surface area contributed by atoms with Gasteiger partial charge in [-0.1, -0.05) is 20.3 Å². The maximum Gasteiger partial charge on any atom is 0.184 e. The molecule has 82 valence electrons. The molecule has 0 aromatic rings. The van der Waals surface area contributed by atoms with Gasteiger partial charge in [-0.15, -0.1) is 0 Å². The van der Waals surface area contributed by atoms with Gasteiger partial charge in [-0.25, -0.2) is 0 Å². The van der Waals surface area contributed by atoms with Crippen LogP contribution in [0.25, 0.3) is 0 Å². The van der Waals surface area contributed by atoms with Crippen LogP contribution in [-0.2, 0) is 9.47 Å². The van der Waals surface area contributed by atoms with Gasteiger partial charge in [-0.3, -0.25) is 0 Å². The molecule has 1 saturated carbocycles. The molecule has 2 heteroatoms. The van der Waals surface area contributed by atoms with Crippen molar-refractivity contribution in [2.45, 2.75) is 70.9 Å². The number of ether oxygens (including phenoxy) is 2. The minimum absolute atomic E-state index is 0.147. The van der Waals surface area contributed by atoms with Gasteiger partial charge in [0.1, 0.15) is 6.10 Å². The highest BCUT2D eigenvalue weighted by molar-refractivity contribution is 4.79. The van der Waals surface area contributed by atoms with Gasteiger partial charge in [0.15, 0.2) is 6.29 Å². The molecule has 0 bridgehead atoms. The zero-order chi connectivity index (χ0) is 9.97. The fourth-order valence-corrected chi connectivity index (χ4v) is 2.29. The van der Waals surface area contributed by atoms with Gasteiger partial charge in [0, 0.05) is 0 Å². The smallest absolute Gasteiger partial charge is 0.184 e. The molecule has 2 nitrogen and oxygen atoms in total. The molecule has 2 aliphatic rings. The molecule has 1 heterocycles. The fraction of sp³-hybridized carbons (Fsp3) is 1.00. The number of hydrogen-bond acceptors (Lipinski definition) is 2. The number of epoxide rings is 1. The van der Waals surface area contributed by atoms with Gasteiger partial charge in [0.05, 0.1) is 6.10 Å². The highest BCUT2D eigenvalue weighted by Gasteiger charge is 2.40. The Kier molecular flexibility index (Phi) is 3.45. The third-order valence-electron chi connectivity index (χ3n) is 3.40. The lowest BCUT2D eigenvalue weighted by atomic mass is 9.89. The Morgan fingerprint density at radius 1 is 1.21 bits per heavy atom. The maximum absolute atomic E-state index is 5.89. The van der Waals surface area contributed by atoms with Crippen molar-refractivity contribution in [3.05, 3.63) is 0 Å². The van der Waals surface area contributed by atoms with Crippen LogP contribution in [0, 0.1) is 5.92 Å². The summed E-state index contributed by atoms with van der Waals surface area (Å²) in [5, 5.41) is 0. The van der Waals surface area contributed by atoms with E-state index in [4.69, 9.17) is 9.47 Å². The summed E-state index contributed by atoms with van der Waals surface area (Å²) in [4.78, 5) is 0. The van der Waals surface area contributed by atoms with Crippen molar-refractivity contribution in [2.24, 2.45) is 5.92 Å². The minimum atomic E-state index is 0.147. The van der Waals surface area contributed by atoms with Crippen LogP contribution < -0.4 is 0 Å². The van der Waals surface area contributed by atoms with E-state index in [0.717, 1.165) is 12.3 Å². The van der Waals surface area contributed by atoms with Gasteiger partial charge in [0.25, 0.3) is 0 Å². The monoisotopic (exact) mass is 198 g/mol. The third-order valence-corrected chi connectivity index (χ3v) is 3.40. The predicted molar refractivity (Wildman–Crippen MR) is 56.1 cm³/mol. The molecule has 0 spiro atoms. The van der Waals surface area contributed by atoms with Crippen molar-refractivity contribution in [2.75, 3.05) is 0 Å². The van der Waals surface area contributed by atoms with E-state index in [1.54, 1.807) is 0 Å². The standard InChI is InChI=1S/C12H22O2/c1-3-4-11-12(14-11)13-10-7-5-9(2)6-8-10/h9-12H,3-8H2,1-2H3. The van der Waals surface area contributed by atoms with Crippen LogP contribution in [-0.4, -0.2) is 18.5 Å². The Labute approximate surface area is 87.0 Å². The molecule has 1 aliphatic heterocycles. The van der Waals surface area contributed by atoms with Crippen LogP contribution in [0.15, 0.2) is 0 Å². The molecular weight excluding hydrogens is 176 g/mol. The summed E-state index contributed by atoms with van der Waals surface area (Å²) in [7, 11) is 0. The highest BCUT2D eigenvalue weighted by Crippen LogP contribution is 2.33. The summed E-state index contributed by atoms with van der Waals surface area (Å²) in [6, 6.07) is 0. The molecule has 0 N–H and O–H groups in total. The average molecular weight is 198 g/mol. The summed E-state index contributed by atoms with van der Waals surface area (Å²) in [6.45, 7) is 4.53. The first-order valence-corrected chi connectivity index (χ1v) is 6.10. The molecule has 0 radical (unpaired) electrons. The molecular formula is C12H22O2. The van der Waals surface area contributed by atoms with Gasteiger partial charge in [-0.2, -0.15) is 0 Å². The van der Waals surface area contributed by atoms with Crippen LogP contribution in [0.4, 0.5) is 0 Å². The van der Waals surface area contributed by atoms with Crippen LogP contribution in [0.1, 0.15) is 52.4 Å². The highest BCUT2D eigenvalue weighted by atomic mass is 16.8. The van der Waals surface area contributed by atoms with Crippen LogP contribution in [0.2, 0.25) is 0 Å². The van der Waals surface area contributed by atoms with E-state index in [9.17, 15) is 0 Å². The van der Waals surface area contributed by atoms with Gasteiger partial charge < -0.3 is 9.47 Å². The SMILES string of the molecule is CCCC1OC1OC1CCC(C)CC1. The molecule has 0 amide bonds. The second-order valence-corrected chi connectivity index (χ2v) is 4.85. The van der Waals surface area contributed by atoms with Crippen LogP contribution >= 0.6 is 0 Å². The second kappa shape index (κ2) is 4.63. The van der Waals surface area contributed by atoms with Crippen molar-refractivity contribution in [3.63, 3.8) is 0 Å². The molecule has 14 heavy (non-hydrogen) atoms. The number of rotatable bonds is 4. The van der Waals surface area contributed by atoms with E-state index in [1.807, 2.05) is 0 Å². The molecule has 0 aromatic heterocycles. The first kappa shape index (κ1) is 10.4. The van der Waals surface area contributed by atoms with Crippen molar-refractivity contribution in [1.29, 1.82) is 0 Å². The van der Waals surface area contributed by atoms with Crippen molar-refractivity contribution in [3.8, 4) is 0 Å². The lowest BCUT2D eigenvalue weighted by Gasteiger charge is -2.25. The number of hydrogen-bond donors (Lipinski definition) is 0. The molecule has 2 fully saturated rings. The van der Waals surface area contributed by atoms with Gasteiger partial charge in [-0.05, 0) is 38.0 Å². The van der Waals surface area contributed by atoms with Gasteiger partial charge in [0.2, 0.25) is 0 Å². The van der Waals surface area contributed by atoms with E-state index in [1.165, 1.54) is 32.1 Å². The first-order valence-electron chi connectivity index (χ1n) is 6.10. The van der Waals surface area contributed by atoms with Crippen molar-refractivity contribution < 1.29 is 9.47 Å².